The molecule has 1 N–H and O–H groups in total. The Morgan fingerprint density at radius 2 is 1.81 bits per heavy atom. The molecule has 0 unspecified atom stereocenters. The van der Waals surface area contributed by atoms with E-state index >= 15 is 0 Å². The van der Waals surface area contributed by atoms with Gasteiger partial charge in [0.05, 0.1) is 28.5 Å². The van der Waals surface area contributed by atoms with Crippen LogP contribution in [0, 0.1) is 0 Å². The molecule has 1 amide bonds. The van der Waals surface area contributed by atoms with Gasteiger partial charge in [-0.15, -0.1) is 0 Å². The highest BCUT2D eigenvalue weighted by molar-refractivity contribution is 7.99. The maximum Gasteiger partial charge on any atom is 0.251 e. The number of halogens is 2. The summed E-state index contributed by atoms with van der Waals surface area (Å²) in [4.78, 5) is 12.4. The molecule has 0 bridgehead atoms. The summed E-state index contributed by atoms with van der Waals surface area (Å²) >= 11 is 14.2. The molecule has 1 fully saturated rings. The first kappa shape index (κ1) is 24.2. The number of nitrogens with one attached hydrogen (secondary N) is 1. The van der Waals surface area contributed by atoms with Gasteiger partial charge in [0, 0.05) is 23.1 Å². The monoisotopic (exact) mass is 500 g/mol. The molecule has 0 heterocycles. The molecule has 31 heavy (non-hydrogen) atoms. The number of anilines is 1. The van der Waals surface area contributed by atoms with E-state index in [2.05, 4.69) is 5.32 Å². The number of hydrogen-bond acceptors (Lipinski definition) is 4. The minimum absolute atomic E-state index is 0.0822. The van der Waals surface area contributed by atoms with Gasteiger partial charge in [-0.3, -0.25) is 9.10 Å². The van der Waals surface area contributed by atoms with Crippen LogP contribution in [0.25, 0.3) is 0 Å². The number of nitrogens with zero attached hydrogens (tertiary/aromatic N) is 1. The normalized spacial score (nSPS) is 14.5. The van der Waals surface area contributed by atoms with Crippen molar-refractivity contribution in [2.45, 2.75) is 37.5 Å². The zero-order chi connectivity index (χ0) is 22.4. The van der Waals surface area contributed by atoms with Crippen molar-refractivity contribution in [1.82, 2.24) is 5.32 Å². The fourth-order valence-corrected chi connectivity index (χ4v) is 6.10. The Morgan fingerprint density at radius 1 is 1.13 bits per heavy atom. The number of amides is 1. The fraction of sp³-hybridized carbons (Fsp3) is 0.409. The van der Waals surface area contributed by atoms with Crippen molar-refractivity contribution < 1.29 is 13.2 Å². The molecule has 1 aliphatic rings. The molecule has 0 aromatic heterocycles. The van der Waals surface area contributed by atoms with Crippen molar-refractivity contribution in [1.29, 1.82) is 0 Å². The van der Waals surface area contributed by atoms with E-state index in [4.69, 9.17) is 23.2 Å². The number of rotatable bonds is 9. The van der Waals surface area contributed by atoms with Gasteiger partial charge < -0.3 is 5.32 Å². The minimum Gasteiger partial charge on any atom is -0.351 e. The lowest BCUT2D eigenvalue weighted by Gasteiger charge is -2.24. The first-order valence-corrected chi connectivity index (χ1v) is 13.8. The molecule has 2 aromatic carbocycles. The molecule has 0 radical (unpaired) electrons. The maximum atomic E-state index is 12.4. The van der Waals surface area contributed by atoms with Crippen molar-refractivity contribution in [2.24, 2.45) is 0 Å². The Labute approximate surface area is 198 Å². The summed E-state index contributed by atoms with van der Waals surface area (Å²) in [6.45, 7) is 0.718. The van der Waals surface area contributed by atoms with Crippen LogP contribution >= 0.6 is 35.0 Å². The summed E-state index contributed by atoms with van der Waals surface area (Å²) < 4.78 is 26.0. The Balaban J connectivity index is 1.61. The second kappa shape index (κ2) is 10.9. The van der Waals surface area contributed by atoms with Crippen LogP contribution in [0.5, 0.6) is 0 Å². The molecular formula is C22H26Cl2N2O3S2. The van der Waals surface area contributed by atoms with Gasteiger partial charge in [0.15, 0.2) is 0 Å². The number of sulfonamides is 1. The van der Waals surface area contributed by atoms with Crippen LogP contribution in [0.1, 0.15) is 41.6 Å². The number of benzene rings is 2. The Kier molecular flexibility index (Phi) is 8.56. The third-order valence-corrected chi connectivity index (χ3v) is 8.50. The fourth-order valence-electron chi connectivity index (χ4n) is 3.54. The van der Waals surface area contributed by atoms with E-state index in [0.717, 1.165) is 22.8 Å². The summed E-state index contributed by atoms with van der Waals surface area (Å²) in [5, 5.41) is 4.15. The highest BCUT2D eigenvalue weighted by Gasteiger charge is 2.22. The van der Waals surface area contributed by atoms with Gasteiger partial charge in [-0.05, 0) is 42.7 Å². The number of thioether (sulfide) groups is 1. The lowest BCUT2D eigenvalue weighted by molar-refractivity contribution is 0.0956. The minimum atomic E-state index is -3.60. The smallest absolute Gasteiger partial charge is 0.251 e. The van der Waals surface area contributed by atoms with Gasteiger partial charge >= 0.3 is 0 Å². The molecule has 0 aliphatic heterocycles. The van der Waals surface area contributed by atoms with E-state index in [1.807, 2.05) is 11.8 Å². The van der Waals surface area contributed by atoms with Crippen molar-refractivity contribution in [3.8, 4) is 0 Å². The number of carbonyl (C=O) groups excluding carboxylic acids is 1. The lowest BCUT2D eigenvalue weighted by atomic mass is 10.1. The van der Waals surface area contributed by atoms with Crippen molar-refractivity contribution in [2.75, 3.05) is 22.9 Å². The van der Waals surface area contributed by atoms with Crippen LogP contribution in [0.15, 0.2) is 42.5 Å². The molecule has 0 spiro atoms. The van der Waals surface area contributed by atoms with Gasteiger partial charge in [0.1, 0.15) is 0 Å². The quantitative estimate of drug-likeness (QED) is 0.470. The molecule has 2 aromatic rings. The molecule has 1 saturated carbocycles. The molecule has 3 rings (SSSR count). The van der Waals surface area contributed by atoms with Crippen LogP contribution in [0.3, 0.4) is 0 Å². The lowest BCUT2D eigenvalue weighted by Crippen LogP contribution is -2.29. The topological polar surface area (TPSA) is 66.5 Å². The Hall–Kier alpha value is -1.41. The predicted octanol–water partition coefficient (Wildman–Crippen LogP) is 5.37. The zero-order valence-corrected chi connectivity index (χ0v) is 20.5. The van der Waals surface area contributed by atoms with Crippen LogP contribution in [-0.4, -0.2) is 38.1 Å². The van der Waals surface area contributed by atoms with Gasteiger partial charge in [-0.25, -0.2) is 8.42 Å². The third-order valence-electron chi connectivity index (χ3n) is 5.19. The summed E-state index contributed by atoms with van der Waals surface area (Å²) in [5.74, 6) is 0.787. The SMILES string of the molecule is CS(=O)(=O)N(Cc1ccc(C(=O)NCCSC2CCCC2)cc1)c1cccc(Cl)c1Cl. The summed E-state index contributed by atoms with van der Waals surface area (Å²) in [6.07, 6.45) is 6.32. The molecule has 168 valence electrons. The van der Waals surface area contributed by atoms with E-state index in [-0.39, 0.29) is 22.5 Å². The first-order chi connectivity index (χ1) is 14.8. The highest BCUT2D eigenvalue weighted by Crippen LogP contribution is 2.34. The standard InChI is InChI=1S/C22H26Cl2N2O3S2/c1-31(28,29)26(20-8-4-7-19(23)21(20)24)15-16-9-11-17(12-10-16)22(27)25-13-14-30-18-5-2-3-6-18/h4,7-12,18H,2-3,5-6,13-15H2,1H3,(H,25,27). The molecule has 0 atom stereocenters. The van der Waals surface area contributed by atoms with Crippen molar-refractivity contribution in [3.05, 3.63) is 63.6 Å². The first-order valence-electron chi connectivity index (χ1n) is 10.2. The second-order valence-corrected chi connectivity index (χ2v) is 11.7. The van der Waals surface area contributed by atoms with Crippen molar-refractivity contribution >= 4 is 56.6 Å². The Bertz CT molecular complexity index is 1010. The summed E-state index contributed by atoms with van der Waals surface area (Å²) in [7, 11) is -3.60. The van der Waals surface area contributed by atoms with Crippen LogP contribution in [-0.2, 0) is 16.6 Å². The van der Waals surface area contributed by atoms with Gasteiger partial charge in [0.2, 0.25) is 10.0 Å². The number of hydrogen-bond donors (Lipinski definition) is 1. The molecule has 1 aliphatic carbocycles. The van der Waals surface area contributed by atoms with Crippen molar-refractivity contribution in [3.63, 3.8) is 0 Å². The van der Waals surface area contributed by atoms with Gasteiger partial charge in [0.25, 0.3) is 5.91 Å². The molecule has 0 saturated heterocycles. The van der Waals surface area contributed by atoms with E-state index in [0.29, 0.717) is 17.8 Å². The third kappa shape index (κ3) is 6.78. The molecule has 9 heteroatoms. The zero-order valence-electron chi connectivity index (χ0n) is 17.3. The van der Waals surface area contributed by atoms with E-state index in [1.165, 1.54) is 30.0 Å². The van der Waals surface area contributed by atoms with E-state index in [9.17, 15) is 13.2 Å². The van der Waals surface area contributed by atoms with E-state index < -0.39 is 10.0 Å². The molecular weight excluding hydrogens is 475 g/mol. The largest absolute Gasteiger partial charge is 0.351 e. The van der Waals surface area contributed by atoms with Crippen LogP contribution < -0.4 is 9.62 Å². The van der Waals surface area contributed by atoms with Crippen LogP contribution in [0.4, 0.5) is 5.69 Å². The Morgan fingerprint density at radius 3 is 2.45 bits per heavy atom. The average molecular weight is 502 g/mol. The summed E-state index contributed by atoms with van der Waals surface area (Å²) in [6, 6.07) is 11.8. The summed E-state index contributed by atoms with van der Waals surface area (Å²) in [5.41, 5.74) is 1.59. The van der Waals surface area contributed by atoms with Crippen LogP contribution in [0.2, 0.25) is 10.0 Å². The molecule has 5 nitrogen and oxygen atoms in total. The maximum absolute atomic E-state index is 12.4. The predicted molar refractivity (Wildman–Crippen MR) is 131 cm³/mol. The number of carbonyl (C=O) groups is 1. The highest BCUT2D eigenvalue weighted by atomic mass is 35.5. The second-order valence-electron chi connectivity index (χ2n) is 7.57. The average Bonchev–Trinajstić information content (AvgIpc) is 3.25. The van der Waals surface area contributed by atoms with Gasteiger partial charge in [-0.1, -0.05) is 54.2 Å². The van der Waals surface area contributed by atoms with E-state index in [1.54, 1.807) is 42.5 Å². The van der Waals surface area contributed by atoms with Gasteiger partial charge in [-0.2, -0.15) is 11.8 Å².